The molecule has 56 heavy (non-hydrogen) atoms. The molecule has 294 valence electrons. The maximum absolute atomic E-state index is 15.1. The summed E-state index contributed by atoms with van der Waals surface area (Å²) in [5.74, 6) is -1.80. The average molecular weight is 766 g/mol. The number of hydrogen-bond acceptors (Lipinski definition) is 11. The van der Waals surface area contributed by atoms with Crippen molar-refractivity contribution >= 4 is 57.4 Å². The highest BCUT2D eigenvalue weighted by Crippen LogP contribution is 2.35. The molecule has 0 unspecified atom stereocenters. The summed E-state index contributed by atoms with van der Waals surface area (Å²) in [4.78, 5) is 64.4. The van der Waals surface area contributed by atoms with Crippen LogP contribution >= 0.6 is 0 Å². The lowest BCUT2D eigenvalue weighted by Crippen LogP contribution is -2.52. The van der Waals surface area contributed by atoms with Gasteiger partial charge in [0.1, 0.15) is 29.7 Å². The predicted molar refractivity (Wildman–Crippen MR) is 210 cm³/mol. The second kappa shape index (κ2) is 16.2. The van der Waals surface area contributed by atoms with Gasteiger partial charge in [0.25, 0.3) is 11.8 Å². The molecule has 5 N–H and O–H groups in total. The van der Waals surface area contributed by atoms with E-state index in [1.807, 2.05) is 6.07 Å². The number of halogens is 1. The van der Waals surface area contributed by atoms with Gasteiger partial charge in [-0.15, -0.1) is 0 Å². The number of aromatic nitrogens is 4. The van der Waals surface area contributed by atoms with Crippen molar-refractivity contribution < 1.29 is 23.6 Å². The molecule has 4 amide bonds. The molecule has 4 aliphatic rings. The smallest absolute Gasteiger partial charge is 0.274 e. The van der Waals surface area contributed by atoms with E-state index in [0.717, 1.165) is 112 Å². The van der Waals surface area contributed by atoms with Crippen LogP contribution in [-0.4, -0.2) is 100 Å². The molecule has 2 aromatic carbocycles. The summed E-state index contributed by atoms with van der Waals surface area (Å²) >= 11 is 0. The number of hydrogen-bond donors (Lipinski definition) is 4. The molecule has 4 fully saturated rings. The first-order valence-corrected chi connectivity index (χ1v) is 19.7. The maximum Gasteiger partial charge on any atom is 0.274 e. The molecule has 8 rings (SSSR count). The van der Waals surface area contributed by atoms with E-state index in [1.165, 1.54) is 30.9 Å². The molecule has 0 saturated carbocycles. The molecule has 4 aliphatic heterocycles. The third-order valence-electron chi connectivity index (χ3n) is 11.7. The molecular weight excluding hydrogens is 718 g/mol. The molecule has 2 aromatic heterocycles. The number of anilines is 4. The highest BCUT2D eigenvalue weighted by molar-refractivity contribution is 6.07. The van der Waals surface area contributed by atoms with Crippen LogP contribution in [0.4, 0.5) is 27.3 Å². The van der Waals surface area contributed by atoms with Crippen LogP contribution in [0.5, 0.6) is 0 Å². The Morgan fingerprint density at radius 3 is 2.39 bits per heavy atom. The van der Waals surface area contributed by atoms with Crippen molar-refractivity contribution in [2.75, 3.05) is 66.7 Å². The van der Waals surface area contributed by atoms with Gasteiger partial charge in [0.15, 0.2) is 0 Å². The summed E-state index contributed by atoms with van der Waals surface area (Å²) in [5.41, 5.74) is 9.26. The molecule has 0 spiro atoms. The van der Waals surface area contributed by atoms with Gasteiger partial charge in [-0.2, -0.15) is 5.10 Å². The van der Waals surface area contributed by atoms with Gasteiger partial charge < -0.3 is 31.1 Å². The van der Waals surface area contributed by atoms with Crippen molar-refractivity contribution in [3.63, 3.8) is 0 Å². The van der Waals surface area contributed by atoms with Gasteiger partial charge >= 0.3 is 0 Å². The van der Waals surface area contributed by atoms with Crippen LogP contribution < -0.4 is 31.5 Å². The number of rotatable bonds is 9. The lowest BCUT2D eigenvalue weighted by molar-refractivity contribution is -0.134. The fourth-order valence-electron chi connectivity index (χ4n) is 8.50. The zero-order chi connectivity index (χ0) is 38.8. The van der Waals surface area contributed by atoms with Crippen molar-refractivity contribution in [3.8, 4) is 0 Å². The number of amides is 4. The molecule has 0 aliphatic carbocycles. The lowest BCUT2D eigenvalue weighted by atomic mass is 9.94. The molecule has 4 aromatic rings. The first-order valence-electron chi connectivity index (χ1n) is 19.7. The highest BCUT2D eigenvalue weighted by Gasteiger charge is 2.30. The monoisotopic (exact) mass is 765 g/mol. The zero-order valence-corrected chi connectivity index (χ0v) is 31.4. The minimum absolute atomic E-state index is 0.124. The number of nitrogens with two attached hydrogens (primary N) is 1. The Bertz CT molecular complexity index is 2120. The van der Waals surface area contributed by atoms with E-state index >= 15 is 4.39 Å². The Morgan fingerprint density at radius 1 is 0.875 bits per heavy atom. The van der Waals surface area contributed by atoms with Crippen LogP contribution in [0.25, 0.3) is 10.9 Å². The largest absolute Gasteiger partial charge is 0.384 e. The number of likely N-dealkylation sites (tertiary alicyclic amines) is 1. The van der Waals surface area contributed by atoms with Gasteiger partial charge in [0, 0.05) is 75.6 Å². The van der Waals surface area contributed by atoms with Crippen LogP contribution in [0, 0.1) is 11.7 Å². The quantitative estimate of drug-likeness (QED) is 0.182. The predicted octanol–water partition coefficient (Wildman–Crippen LogP) is 3.88. The minimum atomic E-state index is -0.859. The third-order valence-corrected chi connectivity index (χ3v) is 11.7. The molecular formula is C40H48FN11O4. The van der Waals surface area contributed by atoms with Gasteiger partial charge in [-0.05, 0) is 87.6 Å². The van der Waals surface area contributed by atoms with Crippen LogP contribution in [-0.2, 0) is 9.59 Å². The number of fused-ring (bicyclic) bond motifs is 1. The second-order valence-corrected chi connectivity index (χ2v) is 15.5. The summed E-state index contributed by atoms with van der Waals surface area (Å²) in [6.45, 7) is 6.45. The number of imide groups is 1. The Balaban J connectivity index is 0.846. The molecule has 6 heterocycles. The Labute approximate surface area is 324 Å². The standard InChI is InChI=1S/C40H48FN11O4/c41-30-19-28(4-5-29(30)38(54)45-31-6-7-37(53)47-39(31)55)50-16-8-25(9-17-50)22-49-14-10-27(11-15-49)52-23-26-18-33(46-40(56)34-21-36(42)44-24-43-34)35(20-32(26)48-52)51-12-2-1-3-13-51/h4-5,18-21,23-25,27,31H,1-3,6-17,22H2,(H,45,54)(H,46,56)(H2,42,43,44)(H,47,53,55)/t31-/m0/s1. The number of benzene rings is 2. The van der Waals surface area contributed by atoms with Gasteiger partial charge in [0.05, 0.1) is 28.5 Å². The average Bonchev–Trinajstić information content (AvgIpc) is 3.62. The fraction of sp³-hybridized carbons (Fsp3) is 0.475. The van der Waals surface area contributed by atoms with Crippen LogP contribution in [0.15, 0.2) is 48.9 Å². The normalized spacial score (nSPS) is 20.3. The summed E-state index contributed by atoms with van der Waals surface area (Å²) in [5, 5.41) is 13.9. The van der Waals surface area contributed by atoms with Gasteiger partial charge in [-0.25, -0.2) is 14.4 Å². The van der Waals surface area contributed by atoms with E-state index in [2.05, 4.69) is 57.6 Å². The number of nitrogens with one attached hydrogen (secondary N) is 3. The number of piperidine rings is 4. The van der Waals surface area contributed by atoms with Crippen LogP contribution in [0.3, 0.4) is 0 Å². The van der Waals surface area contributed by atoms with E-state index in [9.17, 15) is 19.2 Å². The molecule has 15 nitrogen and oxygen atoms in total. The number of nitrogen functional groups attached to an aromatic ring is 1. The first kappa shape index (κ1) is 37.3. The lowest BCUT2D eigenvalue weighted by Gasteiger charge is -2.38. The van der Waals surface area contributed by atoms with Crippen molar-refractivity contribution in [2.45, 2.75) is 69.9 Å². The topological polar surface area (TPSA) is 184 Å². The van der Waals surface area contributed by atoms with Crippen molar-refractivity contribution in [1.29, 1.82) is 0 Å². The SMILES string of the molecule is Nc1cc(C(=O)Nc2cc3cn(C4CCN(CC5CCN(c6ccc(C(=O)N[C@H]7CCC(=O)NC7=O)c(F)c6)CC5)CC4)nc3cc2N2CCCCC2)ncn1. The van der Waals surface area contributed by atoms with Gasteiger partial charge in [-0.1, -0.05) is 0 Å². The van der Waals surface area contributed by atoms with Gasteiger partial charge in [-0.3, -0.25) is 29.2 Å². The zero-order valence-electron chi connectivity index (χ0n) is 31.4. The summed E-state index contributed by atoms with van der Waals surface area (Å²) in [6, 6.07) is 9.65. The van der Waals surface area contributed by atoms with E-state index in [-0.39, 0.29) is 47.8 Å². The number of nitrogens with zero attached hydrogens (tertiary/aromatic N) is 7. The van der Waals surface area contributed by atoms with E-state index in [4.69, 9.17) is 10.8 Å². The molecule has 4 saturated heterocycles. The third kappa shape index (κ3) is 8.29. The molecule has 1 atom stereocenters. The van der Waals surface area contributed by atoms with E-state index in [0.29, 0.717) is 5.92 Å². The second-order valence-electron chi connectivity index (χ2n) is 15.5. The first-order chi connectivity index (χ1) is 27.2. The van der Waals surface area contributed by atoms with E-state index in [1.54, 1.807) is 6.07 Å². The van der Waals surface area contributed by atoms with Gasteiger partial charge in [0.2, 0.25) is 11.8 Å². The van der Waals surface area contributed by atoms with Crippen LogP contribution in [0.2, 0.25) is 0 Å². The van der Waals surface area contributed by atoms with Crippen LogP contribution in [0.1, 0.15) is 84.7 Å². The van der Waals surface area contributed by atoms with Crippen molar-refractivity contribution in [2.24, 2.45) is 5.92 Å². The fourth-order valence-corrected chi connectivity index (χ4v) is 8.50. The van der Waals surface area contributed by atoms with Crippen molar-refractivity contribution in [3.05, 3.63) is 66.0 Å². The molecule has 0 radical (unpaired) electrons. The highest BCUT2D eigenvalue weighted by atomic mass is 19.1. The Morgan fingerprint density at radius 2 is 1.66 bits per heavy atom. The van der Waals surface area contributed by atoms with Crippen molar-refractivity contribution in [1.82, 2.24) is 35.3 Å². The number of carbonyl (C=O) groups excluding carboxylic acids is 4. The minimum Gasteiger partial charge on any atom is -0.384 e. The molecule has 16 heteroatoms. The number of carbonyl (C=O) groups is 4. The summed E-state index contributed by atoms with van der Waals surface area (Å²) in [6.07, 6.45) is 11.1. The Kier molecular flexibility index (Phi) is 10.8. The molecule has 0 bridgehead atoms. The summed E-state index contributed by atoms with van der Waals surface area (Å²) < 4.78 is 17.2. The summed E-state index contributed by atoms with van der Waals surface area (Å²) in [7, 11) is 0. The Hall–Kier alpha value is -5.64. The maximum atomic E-state index is 15.1. The van der Waals surface area contributed by atoms with E-state index < -0.39 is 23.7 Å².